The van der Waals surface area contributed by atoms with Gasteiger partial charge in [-0.05, 0) is 22.8 Å². The Kier molecular flexibility index (Phi) is 4.81. The molecule has 0 fully saturated rings. The number of carbonyl (C=O) groups excluding carboxylic acids is 1. The summed E-state index contributed by atoms with van der Waals surface area (Å²) in [7, 11) is 2.92. The zero-order valence-electron chi connectivity index (χ0n) is 12.5. The molecule has 0 spiro atoms. The zero-order valence-corrected chi connectivity index (χ0v) is 12.5. The molecule has 0 aliphatic carbocycles. The van der Waals surface area contributed by atoms with Crippen LogP contribution in [0.4, 0.5) is 0 Å². The molecule has 0 heterocycles. The SMILES string of the molecule is COC(=O)CC(C)C(O)c1c(OC)ccc2ccccc12. The maximum atomic E-state index is 11.4. The van der Waals surface area contributed by atoms with Crippen LogP contribution in [0.15, 0.2) is 36.4 Å². The molecule has 2 rings (SSSR count). The Balaban J connectivity index is 2.45. The second-order valence-electron chi connectivity index (χ2n) is 5.11. The molecule has 1 N–H and O–H groups in total. The van der Waals surface area contributed by atoms with Crippen molar-refractivity contribution in [2.75, 3.05) is 14.2 Å². The summed E-state index contributed by atoms with van der Waals surface area (Å²) in [6.45, 7) is 1.82. The fourth-order valence-corrected chi connectivity index (χ4v) is 2.50. The number of methoxy groups -OCH3 is 2. The third-order valence-corrected chi connectivity index (χ3v) is 3.70. The van der Waals surface area contributed by atoms with Crippen molar-refractivity contribution in [1.82, 2.24) is 0 Å². The molecule has 112 valence electrons. The highest BCUT2D eigenvalue weighted by Crippen LogP contribution is 2.37. The van der Waals surface area contributed by atoms with Gasteiger partial charge in [0.2, 0.25) is 0 Å². The zero-order chi connectivity index (χ0) is 15.4. The molecule has 0 aromatic heterocycles. The average Bonchev–Trinajstić information content (AvgIpc) is 2.52. The quantitative estimate of drug-likeness (QED) is 0.859. The normalized spacial score (nSPS) is 13.7. The molecule has 4 heteroatoms. The molecular formula is C17H20O4. The minimum atomic E-state index is -0.801. The smallest absolute Gasteiger partial charge is 0.305 e. The monoisotopic (exact) mass is 288 g/mol. The standard InChI is InChI=1S/C17H20O4/c1-11(10-15(18)21-3)17(19)16-13-7-5-4-6-12(13)8-9-14(16)20-2/h4-9,11,17,19H,10H2,1-3H3. The molecule has 2 aromatic rings. The predicted octanol–water partition coefficient (Wildman–Crippen LogP) is 3.08. The van der Waals surface area contributed by atoms with Gasteiger partial charge in [-0.25, -0.2) is 0 Å². The molecule has 0 aliphatic rings. The van der Waals surface area contributed by atoms with E-state index in [0.717, 1.165) is 10.8 Å². The number of aliphatic hydroxyl groups excluding tert-OH is 1. The summed E-state index contributed by atoms with van der Waals surface area (Å²) < 4.78 is 10.0. The number of carbonyl (C=O) groups is 1. The highest BCUT2D eigenvalue weighted by atomic mass is 16.5. The summed E-state index contributed by atoms with van der Waals surface area (Å²) >= 11 is 0. The first-order chi connectivity index (χ1) is 10.1. The maximum Gasteiger partial charge on any atom is 0.305 e. The molecule has 0 saturated heterocycles. The largest absolute Gasteiger partial charge is 0.496 e. The van der Waals surface area contributed by atoms with E-state index in [0.29, 0.717) is 11.3 Å². The summed E-state index contributed by atoms with van der Waals surface area (Å²) in [5.74, 6) is 0.0239. The van der Waals surface area contributed by atoms with Crippen LogP contribution in [-0.2, 0) is 9.53 Å². The van der Waals surface area contributed by atoms with E-state index in [4.69, 9.17) is 4.74 Å². The number of esters is 1. The van der Waals surface area contributed by atoms with Crippen molar-refractivity contribution < 1.29 is 19.4 Å². The Morgan fingerprint density at radius 2 is 1.90 bits per heavy atom. The third kappa shape index (κ3) is 3.16. The highest BCUT2D eigenvalue weighted by molar-refractivity contribution is 5.88. The summed E-state index contributed by atoms with van der Waals surface area (Å²) in [5, 5.41) is 12.6. The van der Waals surface area contributed by atoms with Gasteiger partial charge in [0.1, 0.15) is 5.75 Å². The van der Waals surface area contributed by atoms with E-state index in [1.165, 1.54) is 7.11 Å². The van der Waals surface area contributed by atoms with Gasteiger partial charge in [0.25, 0.3) is 0 Å². The average molecular weight is 288 g/mol. The Morgan fingerprint density at radius 1 is 1.19 bits per heavy atom. The minimum Gasteiger partial charge on any atom is -0.496 e. The number of ether oxygens (including phenoxy) is 2. The van der Waals surface area contributed by atoms with Gasteiger partial charge in [0.15, 0.2) is 0 Å². The van der Waals surface area contributed by atoms with Crippen molar-refractivity contribution in [1.29, 1.82) is 0 Å². The Bertz CT molecular complexity index is 636. The topological polar surface area (TPSA) is 55.8 Å². The van der Waals surface area contributed by atoms with Crippen molar-refractivity contribution in [3.8, 4) is 5.75 Å². The van der Waals surface area contributed by atoms with Gasteiger partial charge in [-0.2, -0.15) is 0 Å². The van der Waals surface area contributed by atoms with E-state index < -0.39 is 6.10 Å². The van der Waals surface area contributed by atoms with Crippen LogP contribution >= 0.6 is 0 Å². The van der Waals surface area contributed by atoms with Crippen LogP contribution in [0, 0.1) is 5.92 Å². The van der Waals surface area contributed by atoms with Crippen molar-refractivity contribution in [2.45, 2.75) is 19.4 Å². The lowest BCUT2D eigenvalue weighted by atomic mass is 9.90. The van der Waals surface area contributed by atoms with Crippen LogP contribution in [0.3, 0.4) is 0 Å². The van der Waals surface area contributed by atoms with Crippen LogP contribution in [0.25, 0.3) is 10.8 Å². The molecule has 0 amide bonds. The molecule has 2 aromatic carbocycles. The Morgan fingerprint density at radius 3 is 2.57 bits per heavy atom. The van der Waals surface area contributed by atoms with Crippen LogP contribution in [0.5, 0.6) is 5.75 Å². The second-order valence-corrected chi connectivity index (χ2v) is 5.11. The molecule has 0 bridgehead atoms. The second kappa shape index (κ2) is 6.59. The molecule has 2 unspecified atom stereocenters. The number of benzene rings is 2. The lowest BCUT2D eigenvalue weighted by molar-refractivity contribution is -0.142. The van der Waals surface area contributed by atoms with Crippen molar-refractivity contribution in [3.63, 3.8) is 0 Å². The van der Waals surface area contributed by atoms with E-state index in [9.17, 15) is 9.90 Å². The summed E-state index contributed by atoms with van der Waals surface area (Å²) in [5.41, 5.74) is 0.715. The summed E-state index contributed by atoms with van der Waals surface area (Å²) in [6.07, 6.45) is -0.644. The van der Waals surface area contributed by atoms with Gasteiger partial charge in [0.05, 0.1) is 26.7 Å². The van der Waals surface area contributed by atoms with E-state index in [2.05, 4.69) is 4.74 Å². The van der Waals surface area contributed by atoms with Crippen molar-refractivity contribution in [2.24, 2.45) is 5.92 Å². The molecule has 0 saturated carbocycles. The minimum absolute atomic E-state index is 0.157. The van der Waals surface area contributed by atoms with Crippen molar-refractivity contribution in [3.05, 3.63) is 42.0 Å². The first-order valence-electron chi connectivity index (χ1n) is 6.89. The van der Waals surface area contributed by atoms with E-state index in [-0.39, 0.29) is 18.3 Å². The maximum absolute atomic E-state index is 11.4. The summed E-state index contributed by atoms with van der Waals surface area (Å²) in [4.78, 5) is 11.4. The van der Waals surface area contributed by atoms with Crippen LogP contribution in [0.1, 0.15) is 25.0 Å². The first-order valence-corrected chi connectivity index (χ1v) is 6.89. The van der Waals surface area contributed by atoms with Gasteiger partial charge < -0.3 is 14.6 Å². The number of fused-ring (bicyclic) bond motifs is 1. The molecule has 2 atom stereocenters. The third-order valence-electron chi connectivity index (χ3n) is 3.70. The lowest BCUT2D eigenvalue weighted by Crippen LogP contribution is -2.16. The lowest BCUT2D eigenvalue weighted by Gasteiger charge is -2.22. The molecular weight excluding hydrogens is 268 g/mol. The number of aliphatic hydroxyl groups is 1. The highest BCUT2D eigenvalue weighted by Gasteiger charge is 2.24. The van der Waals surface area contributed by atoms with Crippen LogP contribution < -0.4 is 4.74 Å². The van der Waals surface area contributed by atoms with E-state index >= 15 is 0 Å². The predicted molar refractivity (Wildman–Crippen MR) is 81.3 cm³/mol. The number of hydrogen-bond donors (Lipinski definition) is 1. The fraction of sp³-hybridized carbons (Fsp3) is 0.353. The van der Waals surface area contributed by atoms with E-state index in [1.54, 1.807) is 7.11 Å². The fourth-order valence-electron chi connectivity index (χ4n) is 2.50. The Hall–Kier alpha value is -2.07. The van der Waals surface area contributed by atoms with Gasteiger partial charge in [-0.15, -0.1) is 0 Å². The van der Waals surface area contributed by atoms with Gasteiger partial charge in [0, 0.05) is 5.56 Å². The Labute approximate surface area is 124 Å². The molecule has 0 radical (unpaired) electrons. The molecule has 4 nitrogen and oxygen atoms in total. The van der Waals surface area contributed by atoms with Gasteiger partial charge >= 0.3 is 5.97 Å². The van der Waals surface area contributed by atoms with Crippen LogP contribution in [0.2, 0.25) is 0 Å². The first kappa shape index (κ1) is 15.3. The van der Waals surface area contributed by atoms with Gasteiger partial charge in [-0.1, -0.05) is 37.3 Å². The van der Waals surface area contributed by atoms with Crippen LogP contribution in [-0.4, -0.2) is 25.3 Å². The summed E-state index contributed by atoms with van der Waals surface area (Å²) in [6, 6.07) is 11.6. The van der Waals surface area contributed by atoms with E-state index in [1.807, 2.05) is 43.3 Å². The number of hydrogen-bond acceptors (Lipinski definition) is 4. The van der Waals surface area contributed by atoms with Gasteiger partial charge in [-0.3, -0.25) is 4.79 Å². The molecule has 0 aliphatic heterocycles. The number of rotatable bonds is 5. The molecule has 21 heavy (non-hydrogen) atoms. The van der Waals surface area contributed by atoms with Crippen molar-refractivity contribution >= 4 is 16.7 Å².